The molecule has 1 aliphatic heterocycles. The van der Waals surface area contributed by atoms with E-state index in [2.05, 4.69) is 23.1 Å². The average molecular weight is 471 g/mol. The van der Waals surface area contributed by atoms with Gasteiger partial charge in [-0.1, -0.05) is 37.2 Å². The summed E-state index contributed by atoms with van der Waals surface area (Å²) < 4.78 is 47.8. The summed E-state index contributed by atoms with van der Waals surface area (Å²) in [6.45, 7) is 0.938. The van der Waals surface area contributed by atoms with E-state index in [1.807, 2.05) is 6.07 Å². The molecule has 10 nitrogen and oxygen atoms in total. The summed E-state index contributed by atoms with van der Waals surface area (Å²) in [6, 6.07) is 12.6. The Bertz CT molecular complexity index is 1300. The number of hydrogen-bond donors (Lipinski definition) is 3. The fourth-order valence-electron chi connectivity index (χ4n) is 2.95. The Hall–Kier alpha value is -3.87. The van der Waals surface area contributed by atoms with Crippen LogP contribution in [-0.4, -0.2) is 38.7 Å². The molecule has 2 aromatic carbocycles. The molecule has 0 atom stereocenters. The number of hydrogen-bond acceptors (Lipinski definition) is 7. The number of nitrogens with zero attached hydrogens (tertiary/aromatic N) is 2. The summed E-state index contributed by atoms with van der Waals surface area (Å²) in [5.41, 5.74) is 0.0894. The molecule has 0 saturated carbocycles. The minimum absolute atomic E-state index is 0.0203. The first-order valence-corrected chi connectivity index (χ1v) is 11.0. The van der Waals surface area contributed by atoms with E-state index < -0.39 is 39.7 Å². The Kier molecular flexibility index (Phi) is 7.33. The molecule has 1 aromatic heterocycles. The average Bonchev–Trinajstić information content (AvgIpc) is 3.05. The van der Waals surface area contributed by atoms with E-state index in [1.54, 1.807) is 29.0 Å². The maximum Gasteiger partial charge on any atom is 0.326 e. The third kappa shape index (κ3) is 5.69. The number of benzene rings is 2. The third-order valence-corrected chi connectivity index (χ3v) is 5.65. The number of carbonyl (C=O) groups is 1. The third-order valence-electron chi connectivity index (χ3n) is 4.27. The molecule has 1 amide bonds. The number of aromatic amines is 1. The van der Waals surface area contributed by atoms with E-state index in [0.717, 1.165) is 11.6 Å². The second kappa shape index (κ2) is 10.2. The van der Waals surface area contributed by atoms with Gasteiger partial charge in [-0.05, 0) is 11.6 Å². The lowest BCUT2D eigenvalue weighted by Gasteiger charge is -2.21. The van der Waals surface area contributed by atoms with Gasteiger partial charge in [0.05, 0.1) is 7.85 Å². The second-order valence-corrected chi connectivity index (χ2v) is 8.12. The Labute approximate surface area is 190 Å². The Morgan fingerprint density at radius 3 is 2.55 bits per heavy atom. The van der Waals surface area contributed by atoms with Crippen LogP contribution in [0.1, 0.15) is 5.56 Å². The van der Waals surface area contributed by atoms with Gasteiger partial charge in [0.2, 0.25) is 5.95 Å². The van der Waals surface area contributed by atoms with Crippen molar-refractivity contribution in [3.05, 3.63) is 76.5 Å². The minimum atomic E-state index is -4.26. The predicted molar refractivity (Wildman–Crippen MR) is 121 cm³/mol. The molecular formula is C20H19BFN5O5S. The van der Waals surface area contributed by atoms with Crippen molar-refractivity contribution >= 4 is 41.3 Å². The summed E-state index contributed by atoms with van der Waals surface area (Å²) in [4.78, 5) is 29.5. The zero-order valence-electron chi connectivity index (χ0n) is 17.4. The minimum Gasteiger partial charge on any atom is -0.487 e. The number of aromatic nitrogens is 2. The van der Waals surface area contributed by atoms with Gasteiger partial charge in [0.1, 0.15) is 24.6 Å². The van der Waals surface area contributed by atoms with Crippen molar-refractivity contribution < 1.29 is 22.3 Å². The van der Waals surface area contributed by atoms with Crippen LogP contribution in [0.5, 0.6) is 5.75 Å². The van der Waals surface area contributed by atoms with Crippen LogP contribution in [0.15, 0.2) is 59.5 Å². The SMILES string of the molecule is O=C1CN(c2c(F)cc(Nc3nccc(=O)[nH]3)cc2OCc2ccccc2)S(=O)(=O)N1.[B]C. The van der Waals surface area contributed by atoms with Crippen LogP contribution in [0.2, 0.25) is 6.82 Å². The van der Waals surface area contributed by atoms with Crippen LogP contribution >= 0.6 is 0 Å². The highest BCUT2D eigenvalue weighted by molar-refractivity contribution is 7.92. The first-order valence-electron chi connectivity index (χ1n) is 9.55. The van der Waals surface area contributed by atoms with Crippen LogP contribution in [0, 0.1) is 5.82 Å². The van der Waals surface area contributed by atoms with Crippen molar-refractivity contribution in [1.29, 1.82) is 0 Å². The van der Waals surface area contributed by atoms with Gasteiger partial charge in [-0.15, -0.1) is 0 Å². The van der Waals surface area contributed by atoms with Gasteiger partial charge >= 0.3 is 10.2 Å². The van der Waals surface area contributed by atoms with E-state index in [9.17, 15) is 18.0 Å². The fraction of sp³-hybridized carbons (Fsp3) is 0.150. The van der Waals surface area contributed by atoms with Crippen molar-refractivity contribution in [3.8, 4) is 5.75 Å². The van der Waals surface area contributed by atoms with E-state index >= 15 is 4.39 Å². The summed E-state index contributed by atoms with van der Waals surface area (Å²) in [6.07, 6.45) is 1.27. The van der Waals surface area contributed by atoms with Crippen LogP contribution in [0.3, 0.4) is 0 Å². The highest BCUT2D eigenvalue weighted by atomic mass is 32.2. The normalized spacial score (nSPS) is 14.1. The summed E-state index contributed by atoms with van der Waals surface area (Å²) in [7, 11) is 0.239. The number of nitrogens with one attached hydrogen (secondary N) is 3. The predicted octanol–water partition coefficient (Wildman–Crippen LogP) is 1.62. The van der Waals surface area contributed by atoms with Gasteiger partial charge in [0.15, 0.2) is 5.82 Å². The van der Waals surface area contributed by atoms with Crippen molar-refractivity contribution in [2.24, 2.45) is 0 Å². The lowest BCUT2D eigenvalue weighted by atomic mass is 10.2. The zero-order chi connectivity index (χ0) is 24.0. The molecule has 170 valence electrons. The number of amides is 1. The lowest BCUT2D eigenvalue weighted by Crippen LogP contribution is -2.30. The van der Waals surface area contributed by atoms with Gasteiger partial charge < -0.3 is 10.1 Å². The number of anilines is 3. The molecule has 0 bridgehead atoms. The van der Waals surface area contributed by atoms with Crippen molar-refractivity contribution in [3.63, 3.8) is 0 Å². The number of carbonyl (C=O) groups excluding carboxylic acids is 1. The Morgan fingerprint density at radius 2 is 1.91 bits per heavy atom. The van der Waals surface area contributed by atoms with Gasteiger partial charge in [0.25, 0.3) is 11.5 Å². The largest absolute Gasteiger partial charge is 0.487 e. The van der Waals surface area contributed by atoms with Crippen LogP contribution in [0.4, 0.5) is 21.7 Å². The molecule has 1 aliphatic rings. The van der Waals surface area contributed by atoms with Crippen molar-refractivity contribution in [1.82, 2.24) is 14.7 Å². The maximum absolute atomic E-state index is 15.1. The molecule has 33 heavy (non-hydrogen) atoms. The Balaban J connectivity index is 0.00000149. The van der Waals surface area contributed by atoms with Gasteiger partial charge in [-0.2, -0.15) is 8.42 Å². The monoisotopic (exact) mass is 471 g/mol. The van der Waals surface area contributed by atoms with Crippen molar-refractivity contribution in [2.75, 3.05) is 16.2 Å². The topological polar surface area (TPSA) is 133 Å². The number of rotatable bonds is 6. The summed E-state index contributed by atoms with van der Waals surface area (Å²) in [5, 5.41) is 2.73. The van der Waals surface area contributed by atoms with Crippen LogP contribution in [0.25, 0.3) is 0 Å². The molecule has 4 rings (SSSR count). The molecular weight excluding hydrogens is 452 g/mol. The molecule has 1 fully saturated rings. The molecule has 13 heteroatoms. The molecule has 1 saturated heterocycles. The molecule has 3 aromatic rings. The first kappa shape index (κ1) is 23.8. The maximum atomic E-state index is 15.1. The molecule has 2 heterocycles. The van der Waals surface area contributed by atoms with E-state index in [4.69, 9.17) is 4.74 Å². The number of halogens is 1. The standard InChI is InChI=1S/C19H16FN5O5S.CH3B/c20-14-8-13(22-19-21-7-6-16(26)23-19)9-15(30-11-12-4-2-1-3-5-12)18(14)25-10-17(27)24-31(25,28)29;1-2/h1-9H,10-11H2,(H,24,27)(H2,21,22,23,26);1H3. The quantitative estimate of drug-likeness (QED) is 0.466. The smallest absolute Gasteiger partial charge is 0.326 e. The Morgan fingerprint density at radius 1 is 1.18 bits per heavy atom. The molecule has 0 aliphatic carbocycles. The van der Waals surface area contributed by atoms with E-state index in [-0.39, 0.29) is 24.0 Å². The van der Waals surface area contributed by atoms with Gasteiger partial charge in [0, 0.05) is 24.0 Å². The zero-order valence-corrected chi connectivity index (χ0v) is 18.2. The van der Waals surface area contributed by atoms with Gasteiger partial charge in [-0.3, -0.25) is 14.6 Å². The molecule has 3 N–H and O–H groups in total. The molecule has 0 spiro atoms. The molecule has 0 unspecified atom stereocenters. The highest BCUT2D eigenvalue weighted by Crippen LogP contribution is 2.38. The van der Waals surface area contributed by atoms with E-state index in [0.29, 0.717) is 4.31 Å². The lowest BCUT2D eigenvalue weighted by molar-refractivity contribution is -0.117. The van der Waals surface area contributed by atoms with Gasteiger partial charge in [-0.25, -0.2) is 18.4 Å². The number of ether oxygens (including phenoxy) is 1. The molecule has 2 radical (unpaired) electrons. The fourth-order valence-corrected chi connectivity index (χ4v) is 4.12. The van der Waals surface area contributed by atoms with Crippen LogP contribution in [-0.2, 0) is 21.6 Å². The van der Waals surface area contributed by atoms with Crippen molar-refractivity contribution in [2.45, 2.75) is 13.4 Å². The summed E-state index contributed by atoms with van der Waals surface area (Å²) >= 11 is 0. The first-order chi connectivity index (χ1) is 15.8. The number of H-pyrrole nitrogens is 1. The highest BCUT2D eigenvalue weighted by Gasteiger charge is 2.37. The summed E-state index contributed by atoms with van der Waals surface area (Å²) in [5.74, 6) is -1.81. The van der Waals surface area contributed by atoms with E-state index in [1.165, 1.54) is 25.2 Å². The van der Waals surface area contributed by atoms with Crippen LogP contribution < -0.4 is 24.6 Å². The second-order valence-electron chi connectivity index (χ2n) is 6.52.